The molecule has 0 aliphatic rings. The monoisotopic (exact) mass is 426 g/mol. The zero-order chi connectivity index (χ0) is 21.6. The van der Waals surface area contributed by atoms with Gasteiger partial charge in [-0.05, 0) is 41.0 Å². The van der Waals surface area contributed by atoms with Crippen molar-refractivity contribution in [3.8, 4) is 5.75 Å². The van der Waals surface area contributed by atoms with Crippen LogP contribution in [0.25, 0.3) is 10.8 Å². The van der Waals surface area contributed by atoms with E-state index in [0.717, 1.165) is 32.6 Å². The molecule has 0 aromatic heterocycles. The van der Waals surface area contributed by atoms with E-state index in [-0.39, 0.29) is 25.6 Å². The summed E-state index contributed by atoms with van der Waals surface area (Å²) in [5.41, 5.74) is 1.40. The van der Waals surface area contributed by atoms with E-state index >= 15 is 0 Å². The smallest absolute Gasteiger partial charge is 0.240 e. The summed E-state index contributed by atoms with van der Waals surface area (Å²) in [6.45, 7) is 2.24. The van der Waals surface area contributed by atoms with Gasteiger partial charge in [-0.2, -0.15) is 0 Å². The van der Waals surface area contributed by atoms with Gasteiger partial charge in [0.25, 0.3) is 0 Å². The van der Waals surface area contributed by atoms with Gasteiger partial charge in [-0.25, -0.2) is 8.42 Å². The molecule has 158 valence electrons. The molecule has 0 aliphatic carbocycles. The van der Waals surface area contributed by atoms with Gasteiger partial charge in [-0.15, -0.1) is 0 Å². The van der Waals surface area contributed by atoms with Crippen molar-refractivity contribution in [1.29, 1.82) is 0 Å². The first-order chi connectivity index (χ1) is 14.4. The van der Waals surface area contributed by atoms with Crippen LogP contribution in [-0.2, 0) is 21.2 Å². The molecule has 0 unspecified atom stereocenters. The molecule has 0 fully saturated rings. The minimum Gasteiger partial charge on any atom is -0.492 e. The van der Waals surface area contributed by atoms with Gasteiger partial charge in [0.05, 0.1) is 18.5 Å². The average molecular weight is 427 g/mol. The molecule has 0 saturated heterocycles. The predicted molar refractivity (Wildman–Crippen MR) is 120 cm³/mol. The first-order valence-electron chi connectivity index (χ1n) is 9.82. The van der Waals surface area contributed by atoms with Crippen LogP contribution in [0.4, 0.5) is 5.69 Å². The molecule has 3 aromatic rings. The van der Waals surface area contributed by atoms with Gasteiger partial charge in [0.2, 0.25) is 15.9 Å². The molecule has 1 N–H and O–H groups in total. The molecule has 0 aliphatic heterocycles. The standard InChI is InChI=1S/C23H26N2O4S/c1-3-18-8-6-7-11-22(18)25(30(2,27)28)17-23(26)24-14-15-29-21-13-12-19-9-4-5-10-20(19)16-21/h4-13,16H,3,14-15,17H2,1-2H3,(H,24,26). The molecule has 0 heterocycles. The van der Waals surface area contributed by atoms with Crippen LogP contribution in [-0.4, -0.2) is 40.3 Å². The maximum Gasteiger partial charge on any atom is 0.240 e. The Morgan fingerprint density at radius 1 is 1.00 bits per heavy atom. The molecular weight excluding hydrogens is 400 g/mol. The molecule has 30 heavy (non-hydrogen) atoms. The van der Waals surface area contributed by atoms with Crippen molar-refractivity contribution in [2.45, 2.75) is 13.3 Å². The number of hydrogen-bond donors (Lipinski definition) is 1. The van der Waals surface area contributed by atoms with Crippen LogP contribution in [0, 0.1) is 0 Å². The molecule has 7 heteroatoms. The number of para-hydroxylation sites is 1. The molecule has 0 bridgehead atoms. The number of benzene rings is 3. The Labute approximate surface area is 177 Å². The third-order valence-electron chi connectivity index (χ3n) is 4.74. The van der Waals surface area contributed by atoms with Crippen molar-refractivity contribution in [2.24, 2.45) is 0 Å². The second kappa shape index (κ2) is 9.63. The minimum absolute atomic E-state index is 0.272. The molecule has 0 spiro atoms. The normalized spacial score (nSPS) is 11.3. The van der Waals surface area contributed by atoms with E-state index < -0.39 is 10.0 Å². The highest BCUT2D eigenvalue weighted by Gasteiger charge is 2.22. The van der Waals surface area contributed by atoms with E-state index in [9.17, 15) is 13.2 Å². The Morgan fingerprint density at radius 2 is 1.70 bits per heavy atom. The number of carbonyl (C=O) groups excluding carboxylic acids is 1. The summed E-state index contributed by atoms with van der Waals surface area (Å²) in [5.74, 6) is 0.339. The zero-order valence-electron chi connectivity index (χ0n) is 17.2. The van der Waals surface area contributed by atoms with E-state index in [4.69, 9.17) is 4.74 Å². The van der Waals surface area contributed by atoms with Crippen molar-refractivity contribution in [3.63, 3.8) is 0 Å². The van der Waals surface area contributed by atoms with E-state index in [1.54, 1.807) is 12.1 Å². The van der Waals surface area contributed by atoms with Crippen LogP contribution in [0.15, 0.2) is 66.7 Å². The molecule has 0 saturated carbocycles. The Balaban J connectivity index is 1.56. The van der Waals surface area contributed by atoms with Crippen molar-refractivity contribution in [3.05, 3.63) is 72.3 Å². The lowest BCUT2D eigenvalue weighted by molar-refractivity contribution is -0.119. The Hall–Kier alpha value is -3.06. The summed E-state index contributed by atoms with van der Waals surface area (Å²) in [6, 6.07) is 21.0. The predicted octanol–water partition coefficient (Wildman–Crippen LogP) is 3.36. The van der Waals surface area contributed by atoms with Crippen LogP contribution >= 0.6 is 0 Å². The number of ether oxygens (including phenoxy) is 1. The summed E-state index contributed by atoms with van der Waals surface area (Å²) in [7, 11) is -3.60. The SMILES string of the molecule is CCc1ccccc1N(CC(=O)NCCOc1ccc2ccccc2c1)S(C)(=O)=O. The molecule has 1 amide bonds. The summed E-state index contributed by atoms with van der Waals surface area (Å²) in [6.07, 6.45) is 1.78. The topological polar surface area (TPSA) is 75.7 Å². The highest BCUT2D eigenvalue weighted by atomic mass is 32.2. The van der Waals surface area contributed by atoms with E-state index in [1.165, 1.54) is 0 Å². The number of nitrogens with zero attached hydrogens (tertiary/aromatic N) is 1. The van der Waals surface area contributed by atoms with Crippen molar-refractivity contribution in [1.82, 2.24) is 5.32 Å². The number of nitrogens with one attached hydrogen (secondary N) is 1. The van der Waals surface area contributed by atoms with Crippen LogP contribution < -0.4 is 14.4 Å². The summed E-state index contributed by atoms with van der Waals surface area (Å²) < 4.78 is 31.4. The van der Waals surface area contributed by atoms with Gasteiger partial charge in [-0.1, -0.05) is 55.5 Å². The fraction of sp³-hybridized carbons (Fsp3) is 0.261. The molecule has 0 radical (unpaired) electrons. The van der Waals surface area contributed by atoms with Crippen molar-refractivity contribution in [2.75, 3.05) is 30.3 Å². The van der Waals surface area contributed by atoms with Crippen LogP contribution in [0.5, 0.6) is 5.75 Å². The number of amides is 1. The Morgan fingerprint density at radius 3 is 2.43 bits per heavy atom. The largest absolute Gasteiger partial charge is 0.492 e. The zero-order valence-corrected chi connectivity index (χ0v) is 18.0. The van der Waals surface area contributed by atoms with Gasteiger partial charge in [0, 0.05) is 0 Å². The first kappa shape index (κ1) is 21.6. The van der Waals surface area contributed by atoms with Gasteiger partial charge in [-0.3, -0.25) is 9.10 Å². The maximum absolute atomic E-state index is 12.4. The van der Waals surface area contributed by atoms with E-state index in [0.29, 0.717) is 12.1 Å². The Bertz CT molecular complexity index is 1130. The van der Waals surface area contributed by atoms with Gasteiger partial charge >= 0.3 is 0 Å². The maximum atomic E-state index is 12.4. The summed E-state index contributed by atoms with van der Waals surface area (Å²) in [4.78, 5) is 12.4. The molecule has 6 nitrogen and oxygen atoms in total. The lowest BCUT2D eigenvalue weighted by atomic mass is 10.1. The molecule has 0 atom stereocenters. The highest BCUT2D eigenvalue weighted by Crippen LogP contribution is 2.23. The summed E-state index contributed by atoms with van der Waals surface area (Å²) in [5, 5.41) is 4.94. The lowest BCUT2D eigenvalue weighted by Crippen LogP contribution is -2.41. The van der Waals surface area contributed by atoms with Crippen LogP contribution in [0.2, 0.25) is 0 Å². The second-order valence-corrected chi connectivity index (χ2v) is 8.87. The molecule has 3 aromatic carbocycles. The number of aryl methyl sites for hydroxylation is 1. The third-order valence-corrected chi connectivity index (χ3v) is 5.87. The van der Waals surface area contributed by atoms with Gasteiger partial charge in [0.1, 0.15) is 18.9 Å². The van der Waals surface area contributed by atoms with Gasteiger partial charge in [0.15, 0.2) is 0 Å². The number of hydrogen-bond acceptors (Lipinski definition) is 4. The number of fused-ring (bicyclic) bond motifs is 1. The number of rotatable bonds is 9. The highest BCUT2D eigenvalue weighted by molar-refractivity contribution is 7.92. The van der Waals surface area contributed by atoms with Crippen LogP contribution in [0.3, 0.4) is 0 Å². The fourth-order valence-electron chi connectivity index (χ4n) is 3.24. The lowest BCUT2D eigenvalue weighted by Gasteiger charge is -2.24. The third kappa shape index (κ3) is 5.51. The number of anilines is 1. The van der Waals surface area contributed by atoms with E-state index in [2.05, 4.69) is 5.32 Å². The fourth-order valence-corrected chi connectivity index (χ4v) is 4.12. The minimum atomic E-state index is -3.60. The van der Waals surface area contributed by atoms with Crippen molar-refractivity contribution < 1.29 is 17.9 Å². The van der Waals surface area contributed by atoms with Crippen LogP contribution in [0.1, 0.15) is 12.5 Å². The Kier molecular flexibility index (Phi) is 6.95. The number of sulfonamides is 1. The van der Waals surface area contributed by atoms with Gasteiger partial charge < -0.3 is 10.1 Å². The molecular formula is C23H26N2O4S. The van der Waals surface area contributed by atoms with E-state index in [1.807, 2.05) is 61.5 Å². The first-order valence-corrected chi connectivity index (χ1v) is 11.7. The number of carbonyl (C=O) groups is 1. The summed E-state index contributed by atoms with van der Waals surface area (Å²) >= 11 is 0. The quantitative estimate of drug-likeness (QED) is 0.533. The second-order valence-electron chi connectivity index (χ2n) is 6.96. The van der Waals surface area contributed by atoms with Crippen molar-refractivity contribution >= 4 is 32.4 Å². The molecule has 3 rings (SSSR count). The average Bonchev–Trinajstić information content (AvgIpc) is 2.74.